The SMILES string of the molecule is Cc1ccc(-c2noc(CCC(=O)N3CCNC(=O)CC3)n2)cc1F. The third kappa shape index (κ3) is 4.20. The second kappa shape index (κ2) is 7.42. The van der Waals surface area contributed by atoms with Crippen LogP contribution in [-0.4, -0.2) is 46.5 Å². The van der Waals surface area contributed by atoms with Gasteiger partial charge in [0.15, 0.2) is 0 Å². The van der Waals surface area contributed by atoms with Crippen LogP contribution in [0.4, 0.5) is 4.39 Å². The van der Waals surface area contributed by atoms with Crippen LogP contribution in [0.15, 0.2) is 22.7 Å². The van der Waals surface area contributed by atoms with Crippen LogP contribution < -0.4 is 5.32 Å². The summed E-state index contributed by atoms with van der Waals surface area (Å²) < 4.78 is 18.8. The molecule has 132 valence electrons. The van der Waals surface area contributed by atoms with Gasteiger partial charge >= 0.3 is 0 Å². The highest BCUT2D eigenvalue weighted by atomic mass is 19.1. The Bertz CT molecular complexity index is 790. The van der Waals surface area contributed by atoms with Crippen LogP contribution in [0.2, 0.25) is 0 Å². The van der Waals surface area contributed by atoms with Crippen molar-refractivity contribution in [2.75, 3.05) is 19.6 Å². The molecule has 2 amide bonds. The highest BCUT2D eigenvalue weighted by molar-refractivity contribution is 5.80. The average molecular weight is 346 g/mol. The van der Waals surface area contributed by atoms with Crippen LogP contribution >= 0.6 is 0 Å². The van der Waals surface area contributed by atoms with Gasteiger partial charge in [0.1, 0.15) is 5.82 Å². The standard InChI is InChI=1S/C17H19FN4O3/c1-11-2-3-12(10-13(11)18)17-20-15(25-21-17)4-5-16(24)22-8-6-14(23)19-7-9-22/h2-3,10H,4-9H2,1H3,(H,19,23). The van der Waals surface area contributed by atoms with Crippen molar-refractivity contribution in [2.24, 2.45) is 0 Å². The fraction of sp³-hybridized carbons (Fsp3) is 0.412. The van der Waals surface area contributed by atoms with Crippen molar-refractivity contribution in [2.45, 2.75) is 26.2 Å². The van der Waals surface area contributed by atoms with Crippen molar-refractivity contribution in [1.82, 2.24) is 20.4 Å². The molecule has 0 unspecified atom stereocenters. The van der Waals surface area contributed by atoms with Crippen molar-refractivity contribution in [3.8, 4) is 11.4 Å². The van der Waals surface area contributed by atoms with E-state index >= 15 is 0 Å². The van der Waals surface area contributed by atoms with E-state index in [2.05, 4.69) is 15.5 Å². The molecule has 1 aliphatic rings. The molecule has 0 spiro atoms. The monoisotopic (exact) mass is 346 g/mol. The molecular weight excluding hydrogens is 327 g/mol. The number of hydrogen-bond donors (Lipinski definition) is 1. The van der Waals surface area contributed by atoms with Gasteiger partial charge in [-0.25, -0.2) is 4.39 Å². The predicted octanol–water partition coefficient (Wildman–Crippen LogP) is 1.47. The van der Waals surface area contributed by atoms with E-state index in [0.29, 0.717) is 55.3 Å². The zero-order valence-corrected chi connectivity index (χ0v) is 13.9. The molecule has 2 aromatic rings. The zero-order chi connectivity index (χ0) is 17.8. The number of carbonyl (C=O) groups is 2. The third-order valence-corrected chi connectivity index (χ3v) is 4.12. The Morgan fingerprint density at radius 1 is 1.40 bits per heavy atom. The Balaban J connectivity index is 1.58. The van der Waals surface area contributed by atoms with Crippen LogP contribution in [0, 0.1) is 12.7 Å². The minimum absolute atomic E-state index is 0.0397. The fourth-order valence-corrected chi connectivity index (χ4v) is 2.59. The Morgan fingerprint density at radius 2 is 2.24 bits per heavy atom. The maximum Gasteiger partial charge on any atom is 0.227 e. The molecule has 8 heteroatoms. The molecule has 25 heavy (non-hydrogen) atoms. The van der Waals surface area contributed by atoms with Crippen LogP contribution in [0.1, 0.15) is 24.3 Å². The molecule has 7 nitrogen and oxygen atoms in total. The molecule has 0 atom stereocenters. The Kier molecular flexibility index (Phi) is 5.06. The van der Waals surface area contributed by atoms with Crippen molar-refractivity contribution >= 4 is 11.8 Å². The van der Waals surface area contributed by atoms with Gasteiger partial charge in [0.2, 0.25) is 23.5 Å². The van der Waals surface area contributed by atoms with Gasteiger partial charge in [-0.15, -0.1) is 0 Å². The topological polar surface area (TPSA) is 88.3 Å². The van der Waals surface area contributed by atoms with E-state index in [1.54, 1.807) is 24.0 Å². The largest absolute Gasteiger partial charge is 0.354 e. The molecule has 0 saturated carbocycles. The first kappa shape index (κ1) is 17.1. The lowest BCUT2D eigenvalue weighted by Gasteiger charge is -2.18. The van der Waals surface area contributed by atoms with Gasteiger partial charge in [0, 0.05) is 44.5 Å². The summed E-state index contributed by atoms with van der Waals surface area (Å²) in [4.78, 5) is 29.4. The molecule has 1 aliphatic heterocycles. The molecule has 2 heterocycles. The van der Waals surface area contributed by atoms with Crippen LogP contribution in [-0.2, 0) is 16.0 Å². The van der Waals surface area contributed by atoms with Gasteiger partial charge in [0.05, 0.1) is 0 Å². The third-order valence-electron chi connectivity index (χ3n) is 4.12. The van der Waals surface area contributed by atoms with Crippen molar-refractivity contribution in [1.29, 1.82) is 0 Å². The minimum atomic E-state index is -0.330. The molecule has 0 bridgehead atoms. The molecular formula is C17H19FN4O3. The molecule has 1 N–H and O–H groups in total. The van der Waals surface area contributed by atoms with Crippen LogP contribution in [0.25, 0.3) is 11.4 Å². The van der Waals surface area contributed by atoms with E-state index in [9.17, 15) is 14.0 Å². The smallest absolute Gasteiger partial charge is 0.227 e. The molecule has 0 radical (unpaired) electrons. The van der Waals surface area contributed by atoms with E-state index in [-0.39, 0.29) is 24.1 Å². The van der Waals surface area contributed by atoms with Gasteiger partial charge in [-0.2, -0.15) is 4.98 Å². The van der Waals surface area contributed by atoms with Gasteiger partial charge in [0.25, 0.3) is 0 Å². The lowest BCUT2D eigenvalue weighted by molar-refractivity contribution is -0.131. The lowest BCUT2D eigenvalue weighted by atomic mass is 10.1. The number of amides is 2. The van der Waals surface area contributed by atoms with E-state index in [0.717, 1.165) is 0 Å². The van der Waals surface area contributed by atoms with E-state index in [1.807, 2.05) is 0 Å². The molecule has 3 rings (SSSR count). The van der Waals surface area contributed by atoms with Gasteiger partial charge in [-0.3, -0.25) is 9.59 Å². The Labute approximate surface area is 144 Å². The summed E-state index contributed by atoms with van der Waals surface area (Å²) in [6, 6.07) is 4.73. The second-order valence-corrected chi connectivity index (χ2v) is 5.96. The fourth-order valence-electron chi connectivity index (χ4n) is 2.59. The normalized spacial score (nSPS) is 15.0. The molecule has 0 aliphatic carbocycles. The highest BCUT2D eigenvalue weighted by Gasteiger charge is 2.19. The summed E-state index contributed by atoms with van der Waals surface area (Å²) in [5.41, 5.74) is 1.07. The Morgan fingerprint density at radius 3 is 3.04 bits per heavy atom. The number of benzene rings is 1. The summed E-state index contributed by atoms with van der Waals surface area (Å²) in [6.07, 6.45) is 0.839. The van der Waals surface area contributed by atoms with Crippen molar-refractivity contribution in [3.63, 3.8) is 0 Å². The van der Waals surface area contributed by atoms with E-state index in [1.165, 1.54) is 6.07 Å². The number of nitrogens with one attached hydrogen (secondary N) is 1. The number of halogens is 1. The number of aryl methyl sites for hydroxylation is 2. The number of nitrogens with zero attached hydrogens (tertiary/aromatic N) is 3. The number of hydrogen-bond acceptors (Lipinski definition) is 5. The second-order valence-electron chi connectivity index (χ2n) is 5.96. The quantitative estimate of drug-likeness (QED) is 0.906. The van der Waals surface area contributed by atoms with Crippen molar-refractivity contribution in [3.05, 3.63) is 35.5 Å². The Hall–Kier alpha value is -2.77. The van der Waals surface area contributed by atoms with E-state index < -0.39 is 0 Å². The van der Waals surface area contributed by atoms with Crippen molar-refractivity contribution < 1.29 is 18.5 Å². The highest BCUT2D eigenvalue weighted by Crippen LogP contribution is 2.19. The van der Waals surface area contributed by atoms with Gasteiger partial charge in [-0.05, 0) is 18.6 Å². The first-order valence-corrected chi connectivity index (χ1v) is 8.16. The first-order chi connectivity index (χ1) is 12.0. The molecule has 1 aromatic carbocycles. The molecule has 1 saturated heterocycles. The van der Waals surface area contributed by atoms with E-state index in [4.69, 9.17) is 4.52 Å². The van der Waals surface area contributed by atoms with Gasteiger partial charge in [-0.1, -0.05) is 17.3 Å². The first-order valence-electron chi connectivity index (χ1n) is 8.16. The number of rotatable bonds is 4. The number of carbonyl (C=O) groups excluding carboxylic acids is 2. The summed E-state index contributed by atoms with van der Waals surface area (Å²) in [6.45, 7) is 3.07. The summed E-state index contributed by atoms with van der Waals surface area (Å²) in [7, 11) is 0. The average Bonchev–Trinajstić information content (AvgIpc) is 2.96. The minimum Gasteiger partial charge on any atom is -0.354 e. The number of aromatic nitrogens is 2. The van der Waals surface area contributed by atoms with Gasteiger partial charge < -0.3 is 14.7 Å². The lowest BCUT2D eigenvalue weighted by Crippen LogP contribution is -2.34. The maximum atomic E-state index is 13.6. The predicted molar refractivity (Wildman–Crippen MR) is 87.0 cm³/mol. The molecule has 1 fully saturated rings. The summed E-state index contributed by atoms with van der Waals surface area (Å²) >= 11 is 0. The zero-order valence-electron chi connectivity index (χ0n) is 13.9. The van der Waals surface area contributed by atoms with Crippen LogP contribution in [0.5, 0.6) is 0 Å². The summed E-state index contributed by atoms with van der Waals surface area (Å²) in [5, 5.41) is 6.57. The molecule has 1 aromatic heterocycles. The maximum absolute atomic E-state index is 13.6. The van der Waals surface area contributed by atoms with Crippen LogP contribution in [0.3, 0.4) is 0 Å². The summed E-state index contributed by atoms with van der Waals surface area (Å²) in [5.74, 6) is 0.197.